The molecule has 0 heterocycles. The van der Waals surface area contributed by atoms with Crippen LogP contribution < -0.4 is 0 Å². The van der Waals surface area contributed by atoms with E-state index in [4.69, 9.17) is 10.00 Å². The Morgan fingerprint density at radius 2 is 1.73 bits per heavy atom. The monoisotopic (exact) mass is 297 g/mol. The maximum atomic E-state index is 14.6. The summed E-state index contributed by atoms with van der Waals surface area (Å²) in [6, 6.07) is 19.0. The molecule has 0 aliphatic carbocycles. The number of carbonyl (C=O) groups is 1. The molecule has 4 heteroatoms. The minimum Gasteiger partial charge on any atom is -0.455 e. The molecular weight excluding hydrogens is 281 g/mol. The second-order valence-electron chi connectivity index (χ2n) is 5.03. The molecule has 2 aromatic carbocycles. The van der Waals surface area contributed by atoms with Crippen LogP contribution in [0.15, 0.2) is 60.7 Å². The minimum absolute atomic E-state index is 0.329. The van der Waals surface area contributed by atoms with E-state index in [-0.39, 0.29) is 6.42 Å². The minimum atomic E-state index is -2.69. The van der Waals surface area contributed by atoms with Gasteiger partial charge in [0, 0.05) is 6.42 Å². The van der Waals surface area contributed by atoms with Gasteiger partial charge in [0.25, 0.3) is 5.67 Å². The quantitative estimate of drug-likeness (QED) is 0.789. The lowest BCUT2D eigenvalue weighted by Crippen LogP contribution is -2.37. The van der Waals surface area contributed by atoms with Crippen molar-refractivity contribution in [3.05, 3.63) is 71.8 Å². The maximum absolute atomic E-state index is 14.6. The summed E-state index contributed by atoms with van der Waals surface area (Å²) in [6.07, 6.45) is -0.946. The lowest BCUT2D eigenvalue weighted by molar-refractivity contribution is -0.159. The van der Waals surface area contributed by atoms with E-state index in [2.05, 4.69) is 0 Å². The number of benzene rings is 2. The average molecular weight is 297 g/mol. The normalized spacial score (nSPS) is 14.4. The van der Waals surface area contributed by atoms with Crippen LogP contribution in [0, 0.1) is 11.3 Å². The Kier molecular flexibility index (Phi) is 4.90. The number of esters is 1. The molecule has 2 unspecified atom stereocenters. The SMILES string of the molecule is CC(OC(=O)C(F)(C#N)Cc1ccccc1)c1ccccc1. The van der Waals surface area contributed by atoms with E-state index in [0.29, 0.717) is 5.56 Å². The molecule has 0 saturated carbocycles. The van der Waals surface area contributed by atoms with Gasteiger partial charge in [0.15, 0.2) is 0 Å². The van der Waals surface area contributed by atoms with Crippen molar-refractivity contribution < 1.29 is 13.9 Å². The number of carbonyl (C=O) groups excluding carboxylic acids is 1. The number of halogens is 1. The Morgan fingerprint density at radius 3 is 2.27 bits per heavy atom. The van der Waals surface area contributed by atoms with Crippen LogP contribution in [0.5, 0.6) is 0 Å². The lowest BCUT2D eigenvalue weighted by atomic mass is 9.97. The van der Waals surface area contributed by atoms with Crippen molar-refractivity contribution in [2.75, 3.05) is 0 Å². The van der Waals surface area contributed by atoms with Crippen LogP contribution in [-0.2, 0) is 16.0 Å². The van der Waals surface area contributed by atoms with Gasteiger partial charge in [0.2, 0.25) is 0 Å². The molecule has 0 bridgehead atoms. The lowest BCUT2D eigenvalue weighted by Gasteiger charge is -2.20. The number of nitriles is 1. The van der Waals surface area contributed by atoms with E-state index in [1.54, 1.807) is 61.5 Å². The van der Waals surface area contributed by atoms with Gasteiger partial charge < -0.3 is 4.74 Å². The van der Waals surface area contributed by atoms with Gasteiger partial charge in [-0.3, -0.25) is 0 Å². The summed E-state index contributed by atoms with van der Waals surface area (Å²) in [7, 11) is 0. The first-order chi connectivity index (χ1) is 10.5. The highest BCUT2D eigenvalue weighted by atomic mass is 19.1. The Morgan fingerprint density at radius 1 is 1.18 bits per heavy atom. The van der Waals surface area contributed by atoms with Crippen LogP contribution in [0.3, 0.4) is 0 Å². The van der Waals surface area contributed by atoms with Gasteiger partial charge in [0.05, 0.1) is 0 Å². The standard InChI is InChI=1S/C18H16FNO2/c1-14(16-10-6-3-7-11-16)22-17(21)18(19,13-20)12-15-8-4-2-5-9-15/h2-11,14H,12H2,1H3. The molecule has 0 aromatic heterocycles. The Bertz CT molecular complexity index is 666. The molecule has 112 valence electrons. The first kappa shape index (κ1) is 15.7. The highest BCUT2D eigenvalue weighted by Crippen LogP contribution is 2.24. The molecule has 2 rings (SSSR count). The predicted molar refractivity (Wildman–Crippen MR) is 80.5 cm³/mol. The average Bonchev–Trinajstić information content (AvgIpc) is 2.56. The number of hydrogen-bond donors (Lipinski definition) is 0. The second-order valence-corrected chi connectivity index (χ2v) is 5.03. The van der Waals surface area contributed by atoms with Gasteiger partial charge in [0.1, 0.15) is 12.2 Å². The zero-order chi connectivity index (χ0) is 16.0. The summed E-state index contributed by atoms with van der Waals surface area (Å²) in [5, 5.41) is 9.07. The topological polar surface area (TPSA) is 50.1 Å². The molecule has 2 atom stereocenters. The fourth-order valence-corrected chi connectivity index (χ4v) is 2.08. The summed E-state index contributed by atoms with van der Waals surface area (Å²) in [6.45, 7) is 1.65. The van der Waals surface area contributed by atoms with E-state index >= 15 is 0 Å². The first-order valence-corrected chi connectivity index (χ1v) is 6.95. The third-order valence-corrected chi connectivity index (χ3v) is 3.34. The fraction of sp³-hybridized carbons (Fsp3) is 0.222. The summed E-state index contributed by atoms with van der Waals surface area (Å²) in [5.41, 5.74) is -1.38. The van der Waals surface area contributed by atoms with Crippen molar-refractivity contribution >= 4 is 5.97 Å². The number of hydrogen-bond acceptors (Lipinski definition) is 3. The molecule has 0 amide bonds. The van der Waals surface area contributed by atoms with Crippen molar-refractivity contribution in [3.63, 3.8) is 0 Å². The molecule has 0 aliphatic rings. The molecule has 0 fully saturated rings. The largest absolute Gasteiger partial charge is 0.455 e. The van der Waals surface area contributed by atoms with Gasteiger partial charge >= 0.3 is 5.97 Å². The molecule has 3 nitrogen and oxygen atoms in total. The molecule has 0 aliphatic heterocycles. The van der Waals surface area contributed by atoms with Gasteiger partial charge in [-0.15, -0.1) is 0 Å². The van der Waals surface area contributed by atoms with Gasteiger partial charge in [-0.05, 0) is 18.1 Å². The third-order valence-electron chi connectivity index (χ3n) is 3.34. The third kappa shape index (κ3) is 3.70. The van der Waals surface area contributed by atoms with E-state index in [1.807, 2.05) is 6.07 Å². The van der Waals surface area contributed by atoms with Crippen LogP contribution in [0.1, 0.15) is 24.2 Å². The van der Waals surface area contributed by atoms with Gasteiger partial charge in [-0.2, -0.15) is 5.26 Å². The Labute approximate surface area is 129 Å². The number of ether oxygens (including phenoxy) is 1. The Balaban J connectivity index is 2.10. The molecule has 0 saturated heterocycles. The summed E-state index contributed by atoms with van der Waals surface area (Å²) >= 11 is 0. The van der Waals surface area contributed by atoms with Crippen molar-refractivity contribution in [2.24, 2.45) is 0 Å². The van der Waals surface area contributed by atoms with Crippen molar-refractivity contribution in [1.82, 2.24) is 0 Å². The number of rotatable bonds is 5. The highest BCUT2D eigenvalue weighted by Gasteiger charge is 2.41. The fourth-order valence-electron chi connectivity index (χ4n) is 2.08. The molecule has 0 radical (unpaired) electrons. The van der Waals surface area contributed by atoms with E-state index in [0.717, 1.165) is 5.56 Å². The van der Waals surface area contributed by atoms with Crippen LogP contribution in [0.2, 0.25) is 0 Å². The number of nitrogens with zero attached hydrogens (tertiary/aromatic N) is 1. The van der Waals surface area contributed by atoms with Gasteiger partial charge in [-0.1, -0.05) is 60.7 Å². The summed E-state index contributed by atoms with van der Waals surface area (Å²) in [4.78, 5) is 12.1. The van der Waals surface area contributed by atoms with Crippen LogP contribution in [-0.4, -0.2) is 11.6 Å². The van der Waals surface area contributed by atoms with Crippen LogP contribution in [0.25, 0.3) is 0 Å². The Hall–Kier alpha value is -2.67. The predicted octanol–water partition coefficient (Wildman–Crippen LogP) is 3.77. The van der Waals surface area contributed by atoms with Crippen LogP contribution >= 0.6 is 0 Å². The molecule has 22 heavy (non-hydrogen) atoms. The molecule has 0 N–H and O–H groups in total. The molecular formula is C18H16FNO2. The summed E-state index contributed by atoms with van der Waals surface area (Å²) < 4.78 is 19.8. The van der Waals surface area contributed by atoms with E-state index in [1.165, 1.54) is 6.07 Å². The van der Waals surface area contributed by atoms with E-state index in [9.17, 15) is 9.18 Å². The first-order valence-electron chi connectivity index (χ1n) is 6.95. The maximum Gasteiger partial charge on any atom is 0.359 e. The highest BCUT2D eigenvalue weighted by molar-refractivity contribution is 5.83. The second kappa shape index (κ2) is 6.86. The van der Waals surface area contributed by atoms with Crippen LogP contribution in [0.4, 0.5) is 4.39 Å². The zero-order valence-electron chi connectivity index (χ0n) is 12.2. The molecule has 0 spiro atoms. The van der Waals surface area contributed by atoms with Crippen molar-refractivity contribution in [3.8, 4) is 6.07 Å². The van der Waals surface area contributed by atoms with Crippen molar-refractivity contribution in [2.45, 2.75) is 25.1 Å². The van der Waals surface area contributed by atoms with Crippen molar-refractivity contribution in [1.29, 1.82) is 5.26 Å². The van der Waals surface area contributed by atoms with E-state index < -0.39 is 17.7 Å². The molecule has 2 aromatic rings. The summed E-state index contributed by atoms with van der Waals surface area (Å²) in [5.74, 6) is -1.16. The zero-order valence-corrected chi connectivity index (χ0v) is 12.2. The van der Waals surface area contributed by atoms with Gasteiger partial charge in [-0.25, -0.2) is 9.18 Å². The smallest absolute Gasteiger partial charge is 0.359 e. The number of alkyl halides is 1.